The molecule has 0 aromatic carbocycles. The Morgan fingerprint density at radius 1 is 0.426 bits per heavy atom. The molecule has 5 heterocycles. The molecule has 4 aliphatic carbocycles. The van der Waals surface area contributed by atoms with Gasteiger partial charge < -0.3 is 5.11 Å². The molecule has 0 amide bonds. The molecule has 264 valence electrons. The van der Waals surface area contributed by atoms with Crippen molar-refractivity contribution in [3.63, 3.8) is 0 Å². The zero-order chi connectivity index (χ0) is 32.2. The molecule has 5 aliphatic heterocycles. The monoisotopic (exact) mass is 770 g/mol. The average molecular weight is 773 g/mol. The number of carbonyl (C=O) groups is 1. The predicted molar refractivity (Wildman–Crippen MR) is 187 cm³/mol. The normalized spacial score (nSPS) is 51.9. The third-order valence-electron chi connectivity index (χ3n) is 14.2. The maximum atomic E-state index is 12.6. The summed E-state index contributed by atoms with van der Waals surface area (Å²) in [6, 6.07) is 0. The fourth-order valence-corrected chi connectivity index (χ4v) is 12.3. The summed E-state index contributed by atoms with van der Waals surface area (Å²) >= 11 is -2.06. The SMILES string of the molecule is O=C(O)C1CCCC2C3NC4NC(NC5NC(NC6NC(NC(N3)C12)C1CCCCC61)C1CCCCC51)C1CCCCC41.[Cl][Ga]([Cl])[Cl]. The van der Waals surface area contributed by atoms with Crippen molar-refractivity contribution in [2.45, 2.75) is 146 Å². The van der Waals surface area contributed by atoms with Crippen LogP contribution in [0.25, 0.3) is 0 Å². The molecule has 17 unspecified atom stereocenters. The van der Waals surface area contributed by atoms with Crippen molar-refractivity contribution in [1.82, 2.24) is 42.5 Å². The number of fused-ring (bicyclic) bond motifs is 20. The molecule has 47 heavy (non-hydrogen) atoms. The van der Waals surface area contributed by atoms with Crippen molar-refractivity contribution >= 4 is 48.1 Å². The molecular weight excluding hydrogens is 716 g/mol. The molecule has 8 bridgehead atoms. The zero-order valence-electron chi connectivity index (χ0n) is 27.5. The van der Waals surface area contributed by atoms with Crippen LogP contribution in [0.15, 0.2) is 0 Å². The van der Waals surface area contributed by atoms with Crippen LogP contribution in [0, 0.1) is 53.3 Å². The Morgan fingerprint density at radius 3 is 0.979 bits per heavy atom. The number of nitrogens with one attached hydrogen (secondary N) is 8. The Bertz CT molecular complexity index is 1110. The first-order chi connectivity index (χ1) is 22.9. The van der Waals surface area contributed by atoms with E-state index >= 15 is 0 Å². The van der Waals surface area contributed by atoms with Crippen LogP contribution < -0.4 is 42.5 Å². The van der Waals surface area contributed by atoms with E-state index in [-0.39, 0.29) is 36.5 Å². The maximum absolute atomic E-state index is 12.6. The number of carboxylic acids is 1. The van der Waals surface area contributed by atoms with Crippen molar-refractivity contribution in [3.05, 3.63) is 0 Å². The Kier molecular flexibility index (Phi) is 11.0. The van der Waals surface area contributed by atoms with Gasteiger partial charge in [-0.2, -0.15) is 0 Å². The van der Waals surface area contributed by atoms with Crippen LogP contribution in [0.4, 0.5) is 0 Å². The first-order valence-electron chi connectivity index (χ1n) is 19.1. The Morgan fingerprint density at radius 2 is 0.681 bits per heavy atom. The summed E-state index contributed by atoms with van der Waals surface area (Å²) < 4.78 is 0. The van der Waals surface area contributed by atoms with Gasteiger partial charge in [0.2, 0.25) is 0 Å². The quantitative estimate of drug-likeness (QED) is 0.182. The average Bonchev–Trinajstić information content (AvgIpc) is 3.80. The zero-order valence-corrected chi connectivity index (χ0v) is 32.2. The van der Waals surface area contributed by atoms with Gasteiger partial charge in [-0.05, 0) is 92.8 Å². The molecule has 9 fully saturated rings. The molecule has 5 saturated heterocycles. The molecule has 17 atom stereocenters. The molecule has 9 N–H and O–H groups in total. The summed E-state index contributed by atoms with van der Waals surface area (Å²) in [5.74, 6) is 3.36. The summed E-state index contributed by atoms with van der Waals surface area (Å²) in [4.78, 5) is 12.6. The van der Waals surface area contributed by atoms with Crippen molar-refractivity contribution in [3.8, 4) is 0 Å². The third kappa shape index (κ3) is 6.96. The van der Waals surface area contributed by atoms with Gasteiger partial charge in [0.25, 0.3) is 0 Å². The van der Waals surface area contributed by atoms with Gasteiger partial charge in [-0.1, -0.05) is 44.9 Å². The van der Waals surface area contributed by atoms with Gasteiger partial charge in [0.05, 0.1) is 55.2 Å². The Labute approximate surface area is 297 Å². The van der Waals surface area contributed by atoms with E-state index in [9.17, 15) is 9.90 Å². The standard InChI is InChI=1S/C33H56N8O2.3ClH.Ga/c42-33(43)23-15-7-14-22-24(23)32-40-30-21-13-6-5-12-20(21)28(38-30)36-26-17-9-2-1-8-16(17)25(34-26)35-27-18-10-3-4-11-19(18)29(37-27)39-31(22)41-32;;;;/h16-32,34-41H,1-15H2,(H,42,43);3*1H;/q;;;;+3/p-3. The van der Waals surface area contributed by atoms with Gasteiger partial charge in [0.1, 0.15) is 0 Å². The number of rotatable bonds is 1. The fourth-order valence-electron chi connectivity index (χ4n) is 12.3. The summed E-state index contributed by atoms with van der Waals surface area (Å²) in [5, 5.41) is 43.3. The first-order valence-corrected chi connectivity index (χ1v) is 28.6. The Balaban J connectivity index is 0.000000769. The van der Waals surface area contributed by atoms with E-state index < -0.39 is 19.2 Å². The number of aliphatic carboxylic acids is 1. The number of carboxylic acid groups (broad SMARTS) is 1. The van der Waals surface area contributed by atoms with Gasteiger partial charge in [-0.25, -0.2) is 0 Å². The van der Waals surface area contributed by atoms with Crippen molar-refractivity contribution < 1.29 is 9.90 Å². The number of hydrogen-bond donors (Lipinski definition) is 9. The van der Waals surface area contributed by atoms with E-state index in [1.54, 1.807) is 0 Å². The van der Waals surface area contributed by atoms with Crippen LogP contribution in [-0.4, -0.2) is 73.6 Å². The third-order valence-corrected chi connectivity index (χ3v) is 14.2. The van der Waals surface area contributed by atoms with Gasteiger partial charge in [0, 0.05) is 5.92 Å². The molecule has 0 radical (unpaired) electrons. The molecule has 14 heteroatoms. The van der Waals surface area contributed by atoms with Gasteiger partial charge >= 0.3 is 48.1 Å². The topological polar surface area (TPSA) is 134 Å². The second-order valence-electron chi connectivity index (χ2n) is 16.4. The van der Waals surface area contributed by atoms with Crippen molar-refractivity contribution in [2.24, 2.45) is 53.3 Å². The molecule has 0 aromatic rings. The fraction of sp³-hybridized carbons (Fsp3) is 0.970. The van der Waals surface area contributed by atoms with Gasteiger partial charge in [0.15, 0.2) is 0 Å². The van der Waals surface area contributed by atoms with E-state index in [0.717, 1.165) is 19.3 Å². The van der Waals surface area contributed by atoms with E-state index in [0.29, 0.717) is 66.1 Å². The van der Waals surface area contributed by atoms with Crippen LogP contribution in [0.1, 0.15) is 96.3 Å². The second kappa shape index (κ2) is 14.9. The molecule has 0 aromatic heterocycles. The summed E-state index contributed by atoms with van der Waals surface area (Å²) in [6.07, 6.45) is 20.5. The number of halogens is 3. The predicted octanol–water partition coefficient (Wildman–Crippen LogP) is 3.60. The summed E-state index contributed by atoms with van der Waals surface area (Å²) in [7, 11) is 15.0. The minimum absolute atomic E-state index is 0.00446. The molecular formula is C33H56Cl3GaN8O2. The molecule has 4 saturated carbocycles. The molecule has 9 aliphatic rings. The molecule has 10 nitrogen and oxygen atoms in total. The minimum atomic E-state index is -2.06. The van der Waals surface area contributed by atoms with E-state index in [4.69, 9.17) is 28.9 Å². The summed E-state index contributed by atoms with van der Waals surface area (Å²) in [5.41, 5.74) is 0. The Hall–Kier alpha value is 0.656. The number of hydrogen-bond acceptors (Lipinski definition) is 9. The van der Waals surface area contributed by atoms with Crippen LogP contribution in [0.3, 0.4) is 0 Å². The van der Waals surface area contributed by atoms with Crippen molar-refractivity contribution in [1.29, 1.82) is 0 Å². The van der Waals surface area contributed by atoms with Crippen LogP contribution in [0.2, 0.25) is 0 Å². The van der Waals surface area contributed by atoms with Crippen molar-refractivity contribution in [2.75, 3.05) is 0 Å². The van der Waals surface area contributed by atoms with E-state index in [2.05, 4.69) is 42.5 Å². The second-order valence-corrected chi connectivity index (χ2v) is 27.7. The van der Waals surface area contributed by atoms with E-state index in [1.165, 1.54) is 77.0 Å². The molecule has 9 rings (SSSR count). The molecule has 0 spiro atoms. The van der Waals surface area contributed by atoms with Crippen LogP contribution in [0.5, 0.6) is 0 Å². The van der Waals surface area contributed by atoms with Crippen LogP contribution >= 0.6 is 28.9 Å². The first kappa shape index (κ1) is 34.7. The van der Waals surface area contributed by atoms with Crippen LogP contribution in [-0.2, 0) is 4.79 Å². The van der Waals surface area contributed by atoms with Gasteiger partial charge in [-0.15, -0.1) is 0 Å². The summed E-state index contributed by atoms with van der Waals surface area (Å²) in [6.45, 7) is 0. The van der Waals surface area contributed by atoms with Gasteiger partial charge in [-0.3, -0.25) is 47.3 Å². The van der Waals surface area contributed by atoms with E-state index in [1.807, 2.05) is 0 Å².